The zero-order valence-corrected chi connectivity index (χ0v) is 13.6. The van der Waals surface area contributed by atoms with E-state index in [1.54, 1.807) is 23.1 Å². The van der Waals surface area contributed by atoms with E-state index in [0.717, 1.165) is 12.1 Å². The number of sulfone groups is 1. The van der Waals surface area contributed by atoms with Crippen molar-refractivity contribution in [1.82, 2.24) is 5.32 Å². The summed E-state index contributed by atoms with van der Waals surface area (Å²) in [6.07, 6.45) is 1.99. The molecule has 0 unspecified atom stereocenters. The number of carbonyl (C=O) groups excluding carboxylic acids is 2. The average molecular weight is 336 g/mol. The first kappa shape index (κ1) is 16.0. The van der Waals surface area contributed by atoms with Crippen molar-refractivity contribution in [3.63, 3.8) is 0 Å². The van der Waals surface area contributed by atoms with Crippen LogP contribution < -0.4 is 10.2 Å². The molecular weight excluding hydrogens is 316 g/mol. The summed E-state index contributed by atoms with van der Waals surface area (Å²) in [7, 11) is -2.93. The topological polar surface area (TPSA) is 83.6 Å². The van der Waals surface area contributed by atoms with Gasteiger partial charge in [0.25, 0.3) is 5.91 Å². The molecule has 6 nitrogen and oxygen atoms in total. The number of anilines is 1. The van der Waals surface area contributed by atoms with Crippen LogP contribution in [0.1, 0.15) is 29.6 Å². The fourth-order valence-corrected chi connectivity index (χ4v) is 4.97. The number of benzene rings is 1. The van der Waals surface area contributed by atoms with E-state index in [0.29, 0.717) is 31.5 Å². The molecule has 23 heavy (non-hydrogen) atoms. The van der Waals surface area contributed by atoms with E-state index in [1.165, 1.54) is 0 Å². The molecule has 1 N–H and O–H groups in total. The minimum Gasteiger partial charge on any atom is -0.352 e. The summed E-state index contributed by atoms with van der Waals surface area (Å²) in [5.41, 5.74) is 1.23. The second kappa shape index (κ2) is 6.31. The van der Waals surface area contributed by atoms with Gasteiger partial charge < -0.3 is 10.2 Å². The molecule has 0 spiro atoms. The van der Waals surface area contributed by atoms with Gasteiger partial charge >= 0.3 is 0 Å². The van der Waals surface area contributed by atoms with Gasteiger partial charge in [-0.15, -0.1) is 0 Å². The Morgan fingerprint density at radius 3 is 2.83 bits per heavy atom. The van der Waals surface area contributed by atoms with Gasteiger partial charge in [-0.2, -0.15) is 0 Å². The Morgan fingerprint density at radius 2 is 2.17 bits per heavy atom. The standard InChI is InChI=1S/C16H20N2O4S/c19-15-5-2-7-18(15)14-4-1-3-13(9-14)16(20)17-10-12-6-8-23(21,22)11-12/h1,3-4,9,12H,2,5-8,10-11H2,(H,17,20)/t12-/m0/s1. The zero-order chi connectivity index (χ0) is 16.4. The highest BCUT2D eigenvalue weighted by Crippen LogP contribution is 2.22. The summed E-state index contributed by atoms with van der Waals surface area (Å²) in [6, 6.07) is 6.99. The van der Waals surface area contributed by atoms with Crippen LogP contribution in [0.2, 0.25) is 0 Å². The second-order valence-electron chi connectivity index (χ2n) is 6.18. The van der Waals surface area contributed by atoms with E-state index in [4.69, 9.17) is 0 Å². The van der Waals surface area contributed by atoms with Crippen molar-refractivity contribution in [3.05, 3.63) is 29.8 Å². The second-order valence-corrected chi connectivity index (χ2v) is 8.41. The van der Waals surface area contributed by atoms with Gasteiger partial charge in [0, 0.05) is 30.8 Å². The molecule has 124 valence electrons. The highest BCUT2D eigenvalue weighted by Gasteiger charge is 2.28. The Hall–Kier alpha value is -1.89. The minimum absolute atomic E-state index is 0.00714. The van der Waals surface area contributed by atoms with Crippen molar-refractivity contribution in [2.24, 2.45) is 5.92 Å². The van der Waals surface area contributed by atoms with E-state index < -0.39 is 9.84 Å². The summed E-state index contributed by atoms with van der Waals surface area (Å²) in [5.74, 6) is 0.198. The molecule has 3 rings (SSSR count). The van der Waals surface area contributed by atoms with Crippen LogP contribution in [-0.4, -0.2) is 44.8 Å². The van der Waals surface area contributed by atoms with Crippen LogP contribution in [0.4, 0.5) is 5.69 Å². The zero-order valence-electron chi connectivity index (χ0n) is 12.8. The van der Waals surface area contributed by atoms with Crippen molar-refractivity contribution in [2.75, 3.05) is 29.5 Å². The lowest BCUT2D eigenvalue weighted by Crippen LogP contribution is -2.30. The molecular formula is C16H20N2O4S. The minimum atomic E-state index is -2.93. The van der Waals surface area contributed by atoms with Gasteiger partial charge in [0.15, 0.2) is 9.84 Å². The Morgan fingerprint density at radius 1 is 1.35 bits per heavy atom. The largest absolute Gasteiger partial charge is 0.352 e. The molecule has 0 aliphatic carbocycles. The van der Waals surface area contributed by atoms with Crippen molar-refractivity contribution in [3.8, 4) is 0 Å². The van der Waals surface area contributed by atoms with Crippen LogP contribution in [0.3, 0.4) is 0 Å². The monoisotopic (exact) mass is 336 g/mol. The number of hydrogen-bond acceptors (Lipinski definition) is 4. The maximum absolute atomic E-state index is 12.2. The first-order valence-electron chi connectivity index (χ1n) is 7.84. The third-order valence-corrected chi connectivity index (χ3v) is 6.21. The van der Waals surface area contributed by atoms with Gasteiger partial charge in [-0.25, -0.2) is 8.42 Å². The van der Waals surface area contributed by atoms with Gasteiger partial charge in [0.05, 0.1) is 11.5 Å². The van der Waals surface area contributed by atoms with Crippen LogP contribution in [-0.2, 0) is 14.6 Å². The van der Waals surface area contributed by atoms with Crippen molar-refractivity contribution in [1.29, 1.82) is 0 Å². The Balaban J connectivity index is 1.62. The lowest BCUT2D eigenvalue weighted by Gasteiger charge is -2.16. The molecule has 1 atom stereocenters. The highest BCUT2D eigenvalue weighted by atomic mass is 32.2. The third kappa shape index (κ3) is 3.72. The first-order valence-corrected chi connectivity index (χ1v) is 9.66. The third-order valence-electron chi connectivity index (χ3n) is 4.37. The summed E-state index contributed by atoms with van der Waals surface area (Å²) < 4.78 is 22.9. The molecule has 0 saturated carbocycles. The van der Waals surface area contributed by atoms with E-state index in [1.807, 2.05) is 6.07 Å². The fraction of sp³-hybridized carbons (Fsp3) is 0.500. The number of rotatable bonds is 4. The van der Waals surface area contributed by atoms with Crippen molar-refractivity contribution >= 4 is 27.3 Å². The first-order chi connectivity index (χ1) is 10.9. The van der Waals surface area contributed by atoms with Gasteiger partial charge in [-0.3, -0.25) is 9.59 Å². The average Bonchev–Trinajstić information content (AvgIpc) is 3.10. The van der Waals surface area contributed by atoms with Gasteiger partial charge in [0.1, 0.15) is 0 Å². The van der Waals surface area contributed by atoms with Crippen LogP contribution in [0.5, 0.6) is 0 Å². The summed E-state index contributed by atoms with van der Waals surface area (Å²) in [6.45, 7) is 1.05. The smallest absolute Gasteiger partial charge is 0.251 e. The van der Waals surface area contributed by atoms with Gasteiger partial charge in [-0.05, 0) is 37.0 Å². The van der Waals surface area contributed by atoms with E-state index >= 15 is 0 Å². The SMILES string of the molecule is O=C(NC[C@@H]1CCS(=O)(=O)C1)c1cccc(N2CCCC2=O)c1. The van der Waals surface area contributed by atoms with Crippen LogP contribution >= 0.6 is 0 Å². The van der Waals surface area contributed by atoms with Gasteiger partial charge in [0.2, 0.25) is 5.91 Å². The predicted octanol–water partition coefficient (Wildman–Crippen LogP) is 0.978. The molecule has 2 saturated heterocycles. The molecule has 0 bridgehead atoms. The van der Waals surface area contributed by atoms with Crippen LogP contribution in [0, 0.1) is 5.92 Å². The van der Waals surface area contributed by atoms with Crippen LogP contribution in [0.15, 0.2) is 24.3 Å². The molecule has 0 aromatic heterocycles. The number of carbonyl (C=O) groups is 2. The predicted molar refractivity (Wildman–Crippen MR) is 87.1 cm³/mol. The molecule has 7 heteroatoms. The lowest BCUT2D eigenvalue weighted by atomic mass is 10.1. The normalized spacial score (nSPS) is 23.2. The molecule has 2 aliphatic heterocycles. The number of amides is 2. The van der Waals surface area contributed by atoms with Crippen LogP contribution in [0.25, 0.3) is 0 Å². The number of hydrogen-bond donors (Lipinski definition) is 1. The molecule has 2 heterocycles. The Labute approximate surface area is 135 Å². The van der Waals surface area contributed by atoms with E-state index in [-0.39, 0.29) is 29.2 Å². The van der Waals surface area contributed by atoms with Crippen molar-refractivity contribution < 1.29 is 18.0 Å². The summed E-state index contributed by atoms with van der Waals surface area (Å²) >= 11 is 0. The van der Waals surface area contributed by atoms with E-state index in [9.17, 15) is 18.0 Å². The Bertz CT molecular complexity index is 729. The molecule has 1 aromatic rings. The summed E-state index contributed by atoms with van der Waals surface area (Å²) in [4.78, 5) is 25.7. The molecule has 2 amide bonds. The maximum Gasteiger partial charge on any atom is 0.251 e. The molecule has 2 aliphatic rings. The maximum atomic E-state index is 12.2. The Kier molecular flexibility index (Phi) is 4.39. The molecule has 0 radical (unpaired) electrons. The number of nitrogens with one attached hydrogen (secondary N) is 1. The highest BCUT2D eigenvalue weighted by molar-refractivity contribution is 7.91. The molecule has 2 fully saturated rings. The molecule has 1 aromatic carbocycles. The quantitative estimate of drug-likeness (QED) is 0.888. The van der Waals surface area contributed by atoms with E-state index in [2.05, 4.69) is 5.32 Å². The fourth-order valence-electron chi connectivity index (χ4n) is 3.11. The number of nitrogens with zero attached hydrogens (tertiary/aromatic N) is 1. The van der Waals surface area contributed by atoms with Gasteiger partial charge in [-0.1, -0.05) is 6.07 Å². The lowest BCUT2D eigenvalue weighted by molar-refractivity contribution is -0.117. The van der Waals surface area contributed by atoms with Crippen molar-refractivity contribution in [2.45, 2.75) is 19.3 Å². The summed E-state index contributed by atoms with van der Waals surface area (Å²) in [5, 5.41) is 2.80.